The molecule has 0 amide bonds. The minimum absolute atomic E-state index is 0.637. The van der Waals surface area contributed by atoms with Gasteiger partial charge in [0, 0.05) is 12.3 Å². The van der Waals surface area contributed by atoms with E-state index in [1.165, 1.54) is 0 Å². The number of alkyl halides is 2. The summed E-state index contributed by atoms with van der Waals surface area (Å²) < 4.78 is 32.2. The van der Waals surface area contributed by atoms with E-state index < -0.39 is 48.3 Å². The van der Waals surface area contributed by atoms with Crippen molar-refractivity contribution in [2.75, 3.05) is 6.61 Å². The summed E-state index contributed by atoms with van der Waals surface area (Å²) in [6.07, 6.45) is -5.94. The Morgan fingerprint density at radius 2 is 2.27 bits per heavy atom. The Bertz CT molecular complexity index is 714. The van der Waals surface area contributed by atoms with Gasteiger partial charge in [-0.25, -0.2) is 13.6 Å². The Hall–Kier alpha value is -2.27. The Morgan fingerprint density at radius 1 is 1.59 bits per heavy atom. The molecule has 1 aromatic heterocycles. The number of nitrogens with one attached hydrogen (secondary N) is 2. The van der Waals surface area contributed by atoms with Crippen molar-refractivity contribution in [1.29, 1.82) is 5.53 Å². The molecule has 1 fully saturated rings. The van der Waals surface area contributed by atoms with Gasteiger partial charge in [0.05, 0.1) is 5.92 Å². The van der Waals surface area contributed by atoms with Crippen LogP contribution < -0.4 is 16.2 Å². The van der Waals surface area contributed by atoms with Crippen LogP contribution in [0.5, 0.6) is 0 Å². The van der Waals surface area contributed by atoms with E-state index in [0.29, 0.717) is 4.57 Å². The Kier molecular flexibility index (Phi) is 4.28. The number of aliphatic hydroxyl groups is 2. The molecule has 1 aliphatic heterocycles. The van der Waals surface area contributed by atoms with Crippen molar-refractivity contribution in [1.82, 2.24) is 14.5 Å². The molecule has 0 saturated carbocycles. The molecule has 22 heavy (non-hydrogen) atoms. The van der Waals surface area contributed by atoms with Gasteiger partial charge >= 0.3 is 5.69 Å². The van der Waals surface area contributed by atoms with Crippen molar-refractivity contribution in [3.63, 3.8) is 0 Å². The zero-order valence-corrected chi connectivity index (χ0v) is 10.9. The van der Waals surface area contributed by atoms with Crippen LogP contribution in [0.1, 0.15) is 6.23 Å². The molecule has 2 rings (SSSR count). The van der Waals surface area contributed by atoms with E-state index >= 15 is 0 Å². The number of aliphatic hydroxyl groups excluding tert-OH is 2. The molecule has 0 bridgehead atoms. The molecule has 0 spiro atoms. The summed E-state index contributed by atoms with van der Waals surface area (Å²) in [4.78, 5) is 27.2. The van der Waals surface area contributed by atoms with Crippen molar-refractivity contribution < 1.29 is 23.7 Å². The van der Waals surface area contributed by atoms with E-state index in [9.17, 15) is 28.6 Å². The number of H-pyrrole nitrogens is 1. The van der Waals surface area contributed by atoms with E-state index in [1.54, 1.807) is 0 Å². The summed E-state index contributed by atoms with van der Waals surface area (Å²) in [5.41, 5.74) is 2.59. The van der Waals surface area contributed by atoms with Crippen molar-refractivity contribution in [3.8, 4) is 0 Å². The summed E-state index contributed by atoms with van der Waals surface area (Å²) in [6.45, 7) is -1.03. The van der Waals surface area contributed by atoms with Crippen LogP contribution in [0.4, 0.5) is 8.78 Å². The van der Waals surface area contributed by atoms with Crippen molar-refractivity contribution >= 4 is 0 Å². The van der Waals surface area contributed by atoms with Gasteiger partial charge < -0.3 is 14.9 Å². The second-order valence-corrected chi connectivity index (χ2v) is 4.59. The van der Waals surface area contributed by atoms with Crippen LogP contribution in [0.2, 0.25) is 0 Å². The standard InChI is InChI=1S/C10H11F2N5O5/c11-7(12)5-6(20)10(3-18,15-16-13)22-8(5)17-2-1-4(19)14-9(17)21/h1-2,5-8,13,18,20H,3H2/p+1/t5-,6+,8-,10-/m1/s1. The third-order valence-corrected chi connectivity index (χ3v) is 3.34. The second kappa shape index (κ2) is 5.85. The molecule has 0 aliphatic carbocycles. The minimum Gasteiger partial charge on any atom is -0.391 e. The van der Waals surface area contributed by atoms with Gasteiger partial charge in [0.25, 0.3) is 11.3 Å². The van der Waals surface area contributed by atoms with Crippen LogP contribution in [0, 0.1) is 11.4 Å². The number of ether oxygens (including phenoxy) is 1. The van der Waals surface area contributed by atoms with Crippen LogP contribution in [-0.4, -0.2) is 44.6 Å². The van der Waals surface area contributed by atoms with Gasteiger partial charge in [-0.15, -0.1) is 0 Å². The summed E-state index contributed by atoms with van der Waals surface area (Å²) in [6, 6.07) is 0.907. The first-order valence-electron chi connectivity index (χ1n) is 6.01. The van der Waals surface area contributed by atoms with Gasteiger partial charge in [0.15, 0.2) is 11.3 Å². The van der Waals surface area contributed by atoms with Crippen molar-refractivity contribution in [2.45, 2.75) is 24.5 Å². The van der Waals surface area contributed by atoms with E-state index in [1.807, 2.05) is 4.98 Å². The quantitative estimate of drug-likeness (QED) is 0.394. The SMILES string of the molecule is N=[N+]=N[C@]1(CO)O[C@@H](n2ccc(=O)[nH]c2=O)[C@@H](C(F)F)[C@@H]1O. The van der Waals surface area contributed by atoms with Gasteiger partial charge in [-0.1, -0.05) is 0 Å². The maximum atomic E-state index is 13.2. The average molecular weight is 320 g/mol. The zero-order chi connectivity index (χ0) is 16.5. The van der Waals surface area contributed by atoms with Gasteiger partial charge in [-0.05, 0) is 0 Å². The lowest BCUT2D eigenvalue weighted by atomic mass is 9.96. The monoisotopic (exact) mass is 320 g/mol. The molecule has 120 valence electrons. The number of aromatic amines is 1. The molecule has 1 aliphatic rings. The molecule has 4 atom stereocenters. The van der Waals surface area contributed by atoms with Gasteiger partial charge in [0.1, 0.15) is 18.2 Å². The number of hydrogen-bond donors (Lipinski definition) is 4. The smallest absolute Gasteiger partial charge is 0.330 e. The Balaban J connectivity index is 2.56. The van der Waals surface area contributed by atoms with E-state index in [0.717, 1.165) is 12.3 Å². The number of halogens is 2. The van der Waals surface area contributed by atoms with Crippen LogP contribution in [0.3, 0.4) is 0 Å². The molecular weight excluding hydrogens is 308 g/mol. The highest BCUT2D eigenvalue weighted by Crippen LogP contribution is 2.44. The summed E-state index contributed by atoms with van der Waals surface area (Å²) >= 11 is 0. The van der Waals surface area contributed by atoms with Crippen molar-refractivity contribution in [2.24, 2.45) is 11.0 Å². The van der Waals surface area contributed by atoms with Gasteiger partial charge in [0.2, 0.25) is 11.3 Å². The summed E-state index contributed by atoms with van der Waals surface area (Å²) in [5, 5.41) is 22.4. The predicted octanol–water partition coefficient (Wildman–Crippen LogP) is -1.45. The van der Waals surface area contributed by atoms with Crippen LogP contribution >= 0.6 is 0 Å². The molecular formula is C10H12F2N5O5+. The zero-order valence-electron chi connectivity index (χ0n) is 10.9. The summed E-state index contributed by atoms with van der Waals surface area (Å²) in [5.74, 6) is -1.93. The lowest BCUT2D eigenvalue weighted by molar-refractivity contribution is -0.128. The number of aromatic nitrogens is 2. The number of nitrogens with zero attached hydrogens (tertiary/aromatic N) is 3. The lowest BCUT2D eigenvalue weighted by Gasteiger charge is -2.20. The summed E-state index contributed by atoms with van der Waals surface area (Å²) in [7, 11) is 0. The minimum atomic E-state index is -3.13. The Morgan fingerprint density at radius 3 is 2.77 bits per heavy atom. The predicted molar refractivity (Wildman–Crippen MR) is 64.0 cm³/mol. The maximum absolute atomic E-state index is 13.2. The first-order valence-corrected chi connectivity index (χ1v) is 6.01. The number of rotatable bonds is 4. The molecule has 1 saturated heterocycles. The van der Waals surface area contributed by atoms with E-state index in [4.69, 9.17) is 10.3 Å². The fraction of sp³-hybridized carbons (Fsp3) is 0.600. The first-order chi connectivity index (χ1) is 10.4. The molecule has 0 aromatic carbocycles. The fourth-order valence-electron chi connectivity index (χ4n) is 2.28. The largest absolute Gasteiger partial charge is 0.391 e. The highest BCUT2D eigenvalue weighted by atomic mass is 19.3. The third kappa shape index (κ3) is 2.48. The van der Waals surface area contributed by atoms with Gasteiger partial charge in [-0.3, -0.25) is 14.3 Å². The van der Waals surface area contributed by atoms with Gasteiger partial charge in [-0.2, -0.15) is 0 Å². The first kappa shape index (κ1) is 16.1. The van der Waals surface area contributed by atoms with Crippen molar-refractivity contribution in [3.05, 3.63) is 33.1 Å². The normalized spacial score (nSPS) is 31.2. The topological polar surface area (TPSA) is 155 Å². The molecule has 0 radical (unpaired) electrons. The maximum Gasteiger partial charge on any atom is 0.330 e. The van der Waals surface area contributed by atoms with Crippen LogP contribution in [0.25, 0.3) is 0 Å². The highest BCUT2D eigenvalue weighted by molar-refractivity contribution is 5.00. The molecule has 12 heteroatoms. The molecule has 10 nitrogen and oxygen atoms in total. The average Bonchev–Trinajstić information content (AvgIpc) is 2.73. The molecule has 4 N–H and O–H groups in total. The number of hydrogen-bond acceptors (Lipinski definition) is 7. The Labute approximate surface area is 120 Å². The van der Waals surface area contributed by atoms with E-state index in [-0.39, 0.29) is 0 Å². The fourth-order valence-corrected chi connectivity index (χ4v) is 2.28. The van der Waals surface area contributed by atoms with Crippen LogP contribution in [0.15, 0.2) is 27.0 Å². The van der Waals surface area contributed by atoms with Crippen LogP contribution in [-0.2, 0) is 4.74 Å². The second-order valence-electron chi connectivity index (χ2n) is 4.59. The highest BCUT2D eigenvalue weighted by Gasteiger charge is 2.62. The molecule has 2 heterocycles. The molecule has 0 unspecified atom stereocenters. The lowest BCUT2D eigenvalue weighted by Crippen LogP contribution is -2.44. The van der Waals surface area contributed by atoms with E-state index in [2.05, 4.69) is 10.0 Å². The third-order valence-electron chi connectivity index (χ3n) is 3.34. The molecule has 1 aromatic rings.